The van der Waals surface area contributed by atoms with E-state index in [-0.39, 0.29) is 0 Å². The van der Waals surface area contributed by atoms with Gasteiger partial charge in [0.05, 0.1) is 9.26 Å². The van der Waals surface area contributed by atoms with Crippen molar-refractivity contribution in [1.82, 2.24) is 9.97 Å². The Morgan fingerprint density at radius 2 is 2.16 bits per heavy atom. The molecule has 0 aliphatic rings. The lowest BCUT2D eigenvalue weighted by atomic mass is 10.2. The smallest absolute Gasteiger partial charge is 0.143 e. The minimum Gasteiger partial charge on any atom is -0.369 e. The summed E-state index contributed by atoms with van der Waals surface area (Å²) in [5.74, 6) is 1.90. The molecule has 5 heteroatoms. The van der Waals surface area contributed by atoms with Crippen LogP contribution in [-0.4, -0.2) is 16.5 Å². The van der Waals surface area contributed by atoms with Crippen LogP contribution in [0.5, 0.6) is 0 Å². The van der Waals surface area contributed by atoms with E-state index in [1.807, 2.05) is 0 Å². The number of nitrogens with zero attached hydrogens (tertiary/aromatic N) is 2. The molecule has 19 heavy (non-hydrogen) atoms. The average molecular weight is 387 g/mol. The monoisotopic (exact) mass is 387 g/mol. The zero-order valence-electron chi connectivity index (χ0n) is 11.2. The lowest BCUT2D eigenvalue weighted by Crippen LogP contribution is -2.10. The van der Waals surface area contributed by atoms with Crippen LogP contribution in [0.4, 0.5) is 5.82 Å². The van der Waals surface area contributed by atoms with E-state index in [1.165, 1.54) is 4.88 Å². The number of hydrogen-bond acceptors (Lipinski definition) is 4. The van der Waals surface area contributed by atoms with Crippen molar-refractivity contribution in [1.29, 1.82) is 0 Å². The third-order valence-corrected chi connectivity index (χ3v) is 4.77. The standard InChI is InChI=1S/C14H18IN3S/c1-3-7-16-14-13(15)11(4-2)17-12(18-14)9-10-6-5-8-19-10/h5-6,8H,3-4,7,9H2,1-2H3,(H,16,17,18). The van der Waals surface area contributed by atoms with Crippen LogP contribution in [0.1, 0.15) is 36.7 Å². The molecule has 0 aromatic carbocycles. The Morgan fingerprint density at radius 3 is 2.79 bits per heavy atom. The largest absolute Gasteiger partial charge is 0.369 e. The van der Waals surface area contributed by atoms with Gasteiger partial charge >= 0.3 is 0 Å². The molecule has 0 aliphatic heterocycles. The molecular formula is C14H18IN3S. The molecule has 0 aliphatic carbocycles. The number of rotatable bonds is 6. The SMILES string of the molecule is CCCNc1nc(Cc2cccs2)nc(CC)c1I. The Kier molecular flexibility index (Phi) is 5.57. The van der Waals surface area contributed by atoms with Gasteiger partial charge in [-0.15, -0.1) is 11.3 Å². The topological polar surface area (TPSA) is 37.8 Å². The van der Waals surface area contributed by atoms with Gasteiger partial charge < -0.3 is 5.32 Å². The Bertz CT molecular complexity index is 526. The van der Waals surface area contributed by atoms with E-state index in [4.69, 9.17) is 0 Å². The quantitative estimate of drug-likeness (QED) is 0.758. The van der Waals surface area contributed by atoms with Crippen LogP contribution in [0, 0.1) is 3.57 Å². The minimum absolute atomic E-state index is 0.822. The number of nitrogens with one attached hydrogen (secondary N) is 1. The first-order chi connectivity index (χ1) is 9.24. The van der Waals surface area contributed by atoms with Crippen molar-refractivity contribution < 1.29 is 0 Å². The number of thiophene rings is 1. The maximum absolute atomic E-state index is 4.68. The van der Waals surface area contributed by atoms with E-state index in [9.17, 15) is 0 Å². The summed E-state index contributed by atoms with van der Waals surface area (Å²) in [6.07, 6.45) is 2.86. The first kappa shape index (κ1) is 14.7. The first-order valence-electron chi connectivity index (χ1n) is 6.56. The van der Waals surface area contributed by atoms with Gasteiger partial charge in [-0.2, -0.15) is 0 Å². The lowest BCUT2D eigenvalue weighted by Gasteiger charge is -2.11. The predicted octanol–water partition coefficient (Wildman–Crippen LogP) is 4.12. The Hall–Kier alpha value is -0.690. The van der Waals surface area contributed by atoms with Gasteiger partial charge in [0.25, 0.3) is 0 Å². The summed E-state index contributed by atoms with van der Waals surface area (Å²) >= 11 is 4.10. The van der Waals surface area contributed by atoms with Crippen molar-refractivity contribution in [2.24, 2.45) is 0 Å². The molecule has 0 saturated carbocycles. The van der Waals surface area contributed by atoms with E-state index >= 15 is 0 Å². The highest BCUT2D eigenvalue weighted by Gasteiger charge is 2.11. The second-order valence-electron chi connectivity index (χ2n) is 4.29. The molecule has 3 nitrogen and oxygen atoms in total. The highest BCUT2D eigenvalue weighted by molar-refractivity contribution is 14.1. The molecule has 2 rings (SSSR count). The van der Waals surface area contributed by atoms with E-state index in [0.717, 1.165) is 46.7 Å². The van der Waals surface area contributed by atoms with Crippen LogP contribution < -0.4 is 5.32 Å². The van der Waals surface area contributed by atoms with Crippen LogP contribution in [0.15, 0.2) is 17.5 Å². The fraction of sp³-hybridized carbons (Fsp3) is 0.429. The molecule has 1 N–H and O–H groups in total. The molecule has 0 radical (unpaired) electrons. The third kappa shape index (κ3) is 3.89. The van der Waals surface area contributed by atoms with Crippen LogP contribution in [0.2, 0.25) is 0 Å². The van der Waals surface area contributed by atoms with E-state index in [2.05, 4.69) is 69.2 Å². The third-order valence-electron chi connectivity index (χ3n) is 2.76. The molecule has 0 saturated heterocycles. The maximum Gasteiger partial charge on any atom is 0.143 e. The second-order valence-corrected chi connectivity index (χ2v) is 6.40. The van der Waals surface area contributed by atoms with Crippen LogP contribution in [0.3, 0.4) is 0 Å². The highest BCUT2D eigenvalue weighted by atomic mass is 127. The highest BCUT2D eigenvalue weighted by Crippen LogP contribution is 2.21. The Labute approximate surface area is 132 Å². The fourth-order valence-electron chi connectivity index (χ4n) is 1.79. The van der Waals surface area contributed by atoms with Gasteiger partial charge in [0.15, 0.2) is 0 Å². The Morgan fingerprint density at radius 1 is 1.32 bits per heavy atom. The van der Waals surface area contributed by atoms with E-state index in [0.29, 0.717) is 0 Å². The molecule has 2 aromatic rings. The molecule has 0 unspecified atom stereocenters. The molecule has 102 valence electrons. The molecule has 0 fully saturated rings. The zero-order chi connectivity index (χ0) is 13.7. The predicted molar refractivity (Wildman–Crippen MR) is 90.0 cm³/mol. The number of halogens is 1. The van der Waals surface area contributed by atoms with Gasteiger partial charge in [0.2, 0.25) is 0 Å². The van der Waals surface area contributed by atoms with Crippen molar-refractivity contribution in [3.63, 3.8) is 0 Å². The number of anilines is 1. The normalized spacial score (nSPS) is 10.7. The second kappa shape index (κ2) is 7.19. The van der Waals surface area contributed by atoms with E-state index in [1.54, 1.807) is 11.3 Å². The summed E-state index contributed by atoms with van der Waals surface area (Å²) in [7, 11) is 0. The van der Waals surface area contributed by atoms with Crippen molar-refractivity contribution in [2.45, 2.75) is 33.1 Å². The first-order valence-corrected chi connectivity index (χ1v) is 8.52. The van der Waals surface area contributed by atoms with Crippen LogP contribution in [-0.2, 0) is 12.8 Å². The number of aromatic nitrogens is 2. The Balaban J connectivity index is 2.27. The van der Waals surface area contributed by atoms with Gasteiger partial charge in [-0.25, -0.2) is 9.97 Å². The average Bonchev–Trinajstić information content (AvgIpc) is 2.91. The molecule has 2 aromatic heterocycles. The summed E-state index contributed by atoms with van der Waals surface area (Å²) in [5, 5.41) is 5.50. The van der Waals surface area contributed by atoms with Crippen molar-refractivity contribution in [2.75, 3.05) is 11.9 Å². The lowest BCUT2D eigenvalue weighted by molar-refractivity contribution is 0.887. The van der Waals surface area contributed by atoms with Crippen molar-refractivity contribution in [3.05, 3.63) is 37.5 Å². The minimum atomic E-state index is 0.822. The molecule has 0 amide bonds. The van der Waals surface area contributed by atoms with Crippen molar-refractivity contribution >= 4 is 39.7 Å². The molecule has 0 spiro atoms. The maximum atomic E-state index is 4.68. The summed E-state index contributed by atoms with van der Waals surface area (Å²) in [5.41, 5.74) is 1.14. The van der Waals surface area contributed by atoms with Gasteiger partial charge in [-0.1, -0.05) is 19.9 Å². The van der Waals surface area contributed by atoms with Gasteiger partial charge in [-0.05, 0) is 46.9 Å². The summed E-state index contributed by atoms with van der Waals surface area (Å²) in [6.45, 7) is 5.26. The number of aryl methyl sites for hydroxylation is 1. The van der Waals surface area contributed by atoms with Crippen molar-refractivity contribution in [3.8, 4) is 0 Å². The fourth-order valence-corrected chi connectivity index (χ4v) is 3.30. The molecule has 0 atom stereocenters. The number of hydrogen-bond donors (Lipinski definition) is 1. The van der Waals surface area contributed by atoms with Gasteiger partial charge in [0.1, 0.15) is 11.6 Å². The van der Waals surface area contributed by atoms with Crippen LogP contribution >= 0.6 is 33.9 Å². The summed E-state index contributed by atoms with van der Waals surface area (Å²) in [4.78, 5) is 10.7. The van der Waals surface area contributed by atoms with Gasteiger partial charge in [0, 0.05) is 17.8 Å². The summed E-state index contributed by atoms with van der Waals surface area (Å²) < 4.78 is 1.16. The van der Waals surface area contributed by atoms with E-state index < -0.39 is 0 Å². The molecular weight excluding hydrogens is 369 g/mol. The molecule has 0 bridgehead atoms. The summed E-state index contributed by atoms with van der Waals surface area (Å²) in [6, 6.07) is 4.21. The van der Waals surface area contributed by atoms with Crippen LogP contribution in [0.25, 0.3) is 0 Å². The zero-order valence-corrected chi connectivity index (χ0v) is 14.2. The van der Waals surface area contributed by atoms with Gasteiger partial charge in [-0.3, -0.25) is 0 Å². The molecule has 2 heterocycles.